The number of aromatic nitrogens is 2. The molecular weight excluding hydrogens is 444 g/mol. The smallest absolute Gasteiger partial charge is 0.229 e. The number of benzene rings is 2. The van der Waals surface area contributed by atoms with Gasteiger partial charge in [0.2, 0.25) is 11.9 Å². The zero-order valence-corrected chi connectivity index (χ0v) is 19.7. The molecule has 1 heterocycles. The van der Waals surface area contributed by atoms with Crippen LogP contribution in [0.3, 0.4) is 0 Å². The number of guanidine groups is 1. The Bertz CT molecular complexity index is 1080. The van der Waals surface area contributed by atoms with Gasteiger partial charge in [0.1, 0.15) is 5.75 Å². The topological polar surface area (TPSA) is 83.5 Å². The van der Waals surface area contributed by atoms with E-state index in [9.17, 15) is 0 Å². The van der Waals surface area contributed by atoms with Crippen molar-refractivity contribution < 1.29 is 4.74 Å². The number of nitrogens with one attached hydrogen (secondary N) is 3. The van der Waals surface area contributed by atoms with Crippen LogP contribution in [0.5, 0.6) is 5.75 Å². The second kappa shape index (κ2) is 11.4. The van der Waals surface area contributed by atoms with E-state index < -0.39 is 0 Å². The van der Waals surface area contributed by atoms with Crippen molar-refractivity contribution in [1.29, 1.82) is 0 Å². The average Bonchev–Trinajstić information content (AvgIpc) is 2.75. The molecule has 0 aliphatic heterocycles. The molecule has 3 aromatic rings. The first kappa shape index (κ1) is 23.4. The first-order valence-electron chi connectivity index (χ1n) is 10.0. The Morgan fingerprint density at radius 3 is 2.38 bits per heavy atom. The standard InChI is InChI=1S/C23H25ClN6OS/c1-15-14-16(2)27-22(26-15)29-21(25-13-12-17-8-10-18(31-3)11-9-17)30-23(32)28-20-7-5-4-6-19(20)24/h4-11,14H,12-13H2,1-3H3,(H3,25,26,27,28,29,30,32). The number of para-hydroxylation sites is 1. The number of halogens is 1. The van der Waals surface area contributed by atoms with Gasteiger partial charge in [-0.3, -0.25) is 10.3 Å². The first-order chi connectivity index (χ1) is 15.4. The van der Waals surface area contributed by atoms with Gasteiger partial charge in [0, 0.05) is 17.9 Å². The molecule has 0 unspecified atom stereocenters. The van der Waals surface area contributed by atoms with E-state index in [-0.39, 0.29) is 0 Å². The molecule has 0 saturated carbocycles. The van der Waals surface area contributed by atoms with E-state index >= 15 is 0 Å². The van der Waals surface area contributed by atoms with E-state index in [2.05, 4.69) is 30.9 Å². The molecule has 0 atom stereocenters. The van der Waals surface area contributed by atoms with E-state index in [0.717, 1.165) is 29.1 Å². The third-order valence-electron chi connectivity index (χ3n) is 4.40. The van der Waals surface area contributed by atoms with Crippen molar-refractivity contribution in [3.63, 3.8) is 0 Å². The van der Waals surface area contributed by atoms with Gasteiger partial charge in [-0.05, 0) is 68.4 Å². The minimum Gasteiger partial charge on any atom is -0.497 e. The molecule has 3 N–H and O–H groups in total. The van der Waals surface area contributed by atoms with E-state index in [1.54, 1.807) is 13.2 Å². The number of anilines is 2. The van der Waals surface area contributed by atoms with Crippen LogP contribution in [-0.4, -0.2) is 34.7 Å². The van der Waals surface area contributed by atoms with Gasteiger partial charge in [-0.15, -0.1) is 0 Å². The zero-order valence-electron chi connectivity index (χ0n) is 18.1. The van der Waals surface area contributed by atoms with E-state index in [1.807, 2.05) is 62.4 Å². The van der Waals surface area contributed by atoms with Gasteiger partial charge in [-0.1, -0.05) is 35.9 Å². The van der Waals surface area contributed by atoms with Crippen LogP contribution in [0.2, 0.25) is 5.02 Å². The van der Waals surface area contributed by atoms with Gasteiger partial charge in [-0.2, -0.15) is 0 Å². The lowest BCUT2D eigenvalue weighted by atomic mass is 10.1. The predicted octanol–water partition coefficient (Wildman–Crippen LogP) is 4.75. The zero-order chi connectivity index (χ0) is 22.9. The van der Waals surface area contributed by atoms with Gasteiger partial charge in [0.15, 0.2) is 5.11 Å². The van der Waals surface area contributed by atoms with Gasteiger partial charge in [0.25, 0.3) is 0 Å². The number of nitrogens with zero attached hydrogens (tertiary/aromatic N) is 3. The van der Waals surface area contributed by atoms with Crippen LogP contribution in [0.1, 0.15) is 17.0 Å². The second-order valence-electron chi connectivity index (χ2n) is 6.99. The molecule has 0 bridgehead atoms. The molecule has 0 aliphatic carbocycles. The molecule has 0 saturated heterocycles. The lowest BCUT2D eigenvalue weighted by Crippen LogP contribution is -2.39. The fraction of sp³-hybridized carbons (Fsp3) is 0.217. The van der Waals surface area contributed by atoms with Gasteiger partial charge in [-0.25, -0.2) is 9.97 Å². The monoisotopic (exact) mass is 468 g/mol. The maximum atomic E-state index is 6.22. The Labute approximate surface area is 198 Å². The van der Waals surface area contributed by atoms with Crippen LogP contribution in [0.15, 0.2) is 59.6 Å². The first-order valence-corrected chi connectivity index (χ1v) is 10.8. The molecule has 0 amide bonds. The second-order valence-corrected chi connectivity index (χ2v) is 7.80. The van der Waals surface area contributed by atoms with Crippen molar-refractivity contribution in [2.45, 2.75) is 20.3 Å². The summed E-state index contributed by atoms with van der Waals surface area (Å²) in [7, 11) is 1.65. The van der Waals surface area contributed by atoms with Gasteiger partial charge >= 0.3 is 0 Å². The molecule has 2 aromatic carbocycles. The fourth-order valence-electron chi connectivity index (χ4n) is 2.91. The average molecular weight is 469 g/mol. The highest BCUT2D eigenvalue weighted by molar-refractivity contribution is 7.80. The molecule has 3 rings (SSSR count). The number of hydrogen-bond acceptors (Lipinski definition) is 5. The fourth-order valence-corrected chi connectivity index (χ4v) is 3.30. The summed E-state index contributed by atoms with van der Waals surface area (Å²) in [5.41, 5.74) is 3.56. The number of aliphatic imine (C=N–C) groups is 1. The molecule has 32 heavy (non-hydrogen) atoms. The lowest BCUT2D eigenvalue weighted by molar-refractivity contribution is 0.414. The van der Waals surface area contributed by atoms with Crippen molar-refractivity contribution >= 4 is 46.5 Å². The SMILES string of the molecule is COc1ccc(CCN=C(NC(=S)Nc2ccccc2Cl)Nc2nc(C)cc(C)n2)cc1. The van der Waals surface area contributed by atoms with Crippen LogP contribution < -0.4 is 20.7 Å². The Morgan fingerprint density at radius 2 is 1.72 bits per heavy atom. The molecule has 0 spiro atoms. The molecule has 166 valence electrons. The van der Waals surface area contributed by atoms with E-state index in [1.165, 1.54) is 0 Å². The van der Waals surface area contributed by atoms with Gasteiger partial charge in [0.05, 0.1) is 17.8 Å². The third kappa shape index (κ3) is 7.18. The quantitative estimate of drug-likeness (QED) is 0.273. The summed E-state index contributed by atoms with van der Waals surface area (Å²) in [6, 6.07) is 17.2. The van der Waals surface area contributed by atoms with Crippen molar-refractivity contribution in [2.75, 3.05) is 24.3 Å². The lowest BCUT2D eigenvalue weighted by Gasteiger charge is -2.15. The Balaban J connectivity index is 1.72. The Kier molecular flexibility index (Phi) is 8.35. The highest BCUT2D eigenvalue weighted by atomic mass is 35.5. The summed E-state index contributed by atoms with van der Waals surface area (Å²) >= 11 is 11.7. The maximum Gasteiger partial charge on any atom is 0.229 e. The molecule has 9 heteroatoms. The van der Waals surface area contributed by atoms with Crippen LogP contribution >= 0.6 is 23.8 Å². The Hall–Kier alpha value is -3.23. The maximum absolute atomic E-state index is 6.22. The molecule has 0 aliphatic rings. The highest BCUT2D eigenvalue weighted by Crippen LogP contribution is 2.20. The molecule has 7 nitrogen and oxygen atoms in total. The Morgan fingerprint density at radius 1 is 1.03 bits per heavy atom. The van der Waals surface area contributed by atoms with Crippen LogP contribution in [0, 0.1) is 13.8 Å². The summed E-state index contributed by atoms with van der Waals surface area (Å²) in [6.45, 7) is 4.36. The molecular formula is C23H25ClN6OS. The van der Waals surface area contributed by atoms with Crippen molar-refractivity contribution in [3.8, 4) is 5.75 Å². The summed E-state index contributed by atoms with van der Waals surface area (Å²) in [6.07, 6.45) is 0.745. The highest BCUT2D eigenvalue weighted by Gasteiger charge is 2.08. The predicted molar refractivity (Wildman–Crippen MR) is 135 cm³/mol. The van der Waals surface area contributed by atoms with Crippen molar-refractivity contribution in [2.24, 2.45) is 4.99 Å². The molecule has 0 fully saturated rings. The number of hydrogen-bond donors (Lipinski definition) is 3. The number of aryl methyl sites for hydroxylation is 2. The molecule has 0 radical (unpaired) electrons. The number of rotatable bonds is 6. The van der Waals surface area contributed by atoms with E-state index in [0.29, 0.717) is 34.3 Å². The number of methoxy groups -OCH3 is 1. The van der Waals surface area contributed by atoms with Gasteiger partial charge < -0.3 is 15.4 Å². The van der Waals surface area contributed by atoms with Crippen molar-refractivity contribution in [1.82, 2.24) is 15.3 Å². The van der Waals surface area contributed by atoms with Crippen molar-refractivity contribution in [3.05, 3.63) is 76.6 Å². The van der Waals surface area contributed by atoms with Crippen LogP contribution in [0.25, 0.3) is 0 Å². The normalized spacial score (nSPS) is 11.1. The minimum atomic E-state index is 0.346. The summed E-state index contributed by atoms with van der Waals surface area (Å²) in [4.78, 5) is 13.5. The summed E-state index contributed by atoms with van der Waals surface area (Å²) in [5, 5.41) is 10.2. The summed E-state index contributed by atoms with van der Waals surface area (Å²) < 4.78 is 5.21. The van der Waals surface area contributed by atoms with E-state index in [4.69, 9.17) is 28.6 Å². The third-order valence-corrected chi connectivity index (χ3v) is 4.93. The summed E-state index contributed by atoms with van der Waals surface area (Å²) in [5.74, 6) is 1.70. The number of ether oxygens (including phenoxy) is 1. The molecule has 1 aromatic heterocycles. The minimum absolute atomic E-state index is 0.346. The van der Waals surface area contributed by atoms with Crippen LogP contribution in [0.4, 0.5) is 11.6 Å². The van der Waals surface area contributed by atoms with Crippen LogP contribution in [-0.2, 0) is 6.42 Å². The number of thiocarbonyl (C=S) groups is 1. The largest absolute Gasteiger partial charge is 0.497 e.